The summed E-state index contributed by atoms with van der Waals surface area (Å²) in [5.41, 5.74) is 5.51. The first-order valence-corrected chi connectivity index (χ1v) is 7.70. The summed E-state index contributed by atoms with van der Waals surface area (Å²) in [4.78, 5) is 17.1. The van der Waals surface area contributed by atoms with Crippen LogP contribution in [0.5, 0.6) is 0 Å². The lowest BCUT2D eigenvalue weighted by Gasteiger charge is -2.43. The van der Waals surface area contributed by atoms with Crippen molar-refractivity contribution in [2.24, 2.45) is 11.7 Å². The molecule has 2 fully saturated rings. The van der Waals surface area contributed by atoms with Crippen LogP contribution in [0.25, 0.3) is 0 Å². The number of rotatable bonds is 3. The van der Waals surface area contributed by atoms with Crippen molar-refractivity contribution in [3.8, 4) is 0 Å². The quantitative estimate of drug-likeness (QED) is 0.774. The molecule has 2 aliphatic rings. The van der Waals surface area contributed by atoms with Crippen molar-refractivity contribution >= 4 is 23.1 Å². The van der Waals surface area contributed by atoms with E-state index in [1.165, 1.54) is 0 Å². The summed E-state index contributed by atoms with van der Waals surface area (Å²) in [7, 11) is 0. The highest BCUT2D eigenvalue weighted by Gasteiger charge is 2.37. The Hall–Kier alpha value is -0.720. The molecule has 0 spiro atoms. The predicted octanol–water partition coefficient (Wildman–Crippen LogP) is 0.620. The number of carbonyl (C=O) groups excluding carboxylic acids is 1. The molecule has 2 N–H and O–H groups in total. The van der Waals surface area contributed by atoms with Crippen molar-refractivity contribution < 1.29 is 9.53 Å². The van der Waals surface area contributed by atoms with Crippen molar-refractivity contribution in [1.82, 2.24) is 9.80 Å². The fourth-order valence-electron chi connectivity index (χ4n) is 2.83. The number of nitrogens with zero attached hydrogens (tertiary/aromatic N) is 2. The Kier molecular flexibility index (Phi) is 4.66. The average Bonchev–Trinajstić information content (AvgIpc) is 2.84. The molecule has 2 heterocycles. The summed E-state index contributed by atoms with van der Waals surface area (Å²) in [5, 5.41) is 0. The summed E-state index contributed by atoms with van der Waals surface area (Å²) < 4.78 is 5.57. The molecule has 2 aliphatic heterocycles. The molecule has 0 aromatic carbocycles. The second kappa shape index (κ2) is 5.95. The maximum Gasteiger partial charge on any atom is 0.252 e. The van der Waals surface area contributed by atoms with E-state index in [4.69, 9.17) is 22.7 Å². The van der Waals surface area contributed by atoms with Gasteiger partial charge in [-0.25, -0.2) is 0 Å². The van der Waals surface area contributed by atoms with Crippen LogP contribution in [0.1, 0.15) is 27.2 Å². The minimum atomic E-state index is -0.290. The molecule has 0 aromatic heterocycles. The highest BCUT2D eigenvalue weighted by atomic mass is 32.1. The van der Waals surface area contributed by atoms with Gasteiger partial charge in [0.15, 0.2) is 0 Å². The zero-order valence-corrected chi connectivity index (χ0v) is 13.4. The lowest BCUT2D eigenvalue weighted by molar-refractivity contribution is -0.144. The number of amides is 1. The molecule has 0 bridgehead atoms. The van der Waals surface area contributed by atoms with Crippen LogP contribution in [0.3, 0.4) is 0 Å². The summed E-state index contributed by atoms with van der Waals surface area (Å²) in [6.45, 7) is 9.90. The van der Waals surface area contributed by atoms with E-state index < -0.39 is 0 Å². The minimum Gasteiger partial charge on any atom is -0.392 e. The van der Waals surface area contributed by atoms with E-state index in [0.29, 0.717) is 17.5 Å². The van der Waals surface area contributed by atoms with Crippen LogP contribution < -0.4 is 5.73 Å². The molecule has 114 valence electrons. The lowest BCUT2D eigenvalue weighted by Crippen LogP contribution is -2.60. The van der Waals surface area contributed by atoms with Gasteiger partial charge in [0.1, 0.15) is 6.10 Å². The minimum absolute atomic E-state index is 0.141. The van der Waals surface area contributed by atoms with Crippen LogP contribution in [0, 0.1) is 5.92 Å². The number of hydrogen-bond donors (Lipinski definition) is 1. The second-order valence-corrected chi connectivity index (χ2v) is 6.73. The third kappa shape index (κ3) is 2.97. The van der Waals surface area contributed by atoms with Crippen LogP contribution in [0.4, 0.5) is 0 Å². The Morgan fingerprint density at radius 3 is 2.35 bits per heavy atom. The van der Waals surface area contributed by atoms with Gasteiger partial charge in [-0.1, -0.05) is 19.1 Å². The predicted molar refractivity (Wildman–Crippen MR) is 82.5 cm³/mol. The van der Waals surface area contributed by atoms with Gasteiger partial charge < -0.3 is 15.4 Å². The van der Waals surface area contributed by atoms with Crippen molar-refractivity contribution in [2.45, 2.75) is 38.8 Å². The van der Waals surface area contributed by atoms with Crippen LogP contribution in [0.15, 0.2) is 0 Å². The van der Waals surface area contributed by atoms with Gasteiger partial charge in [-0.05, 0) is 26.2 Å². The summed E-state index contributed by atoms with van der Waals surface area (Å²) >= 11 is 5.13. The Balaban J connectivity index is 1.91. The first-order chi connectivity index (χ1) is 9.34. The van der Waals surface area contributed by atoms with Gasteiger partial charge in [0.2, 0.25) is 0 Å². The van der Waals surface area contributed by atoms with Crippen molar-refractivity contribution in [3.05, 3.63) is 0 Å². The average molecular weight is 299 g/mol. The lowest BCUT2D eigenvalue weighted by atomic mass is 10.0. The zero-order chi connectivity index (χ0) is 14.9. The molecule has 0 saturated carbocycles. The molecule has 1 amide bonds. The monoisotopic (exact) mass is 299 g/mol. The van der Waals surface area contributed by atoms with Crippen LogP contribution in [-0.4, -0.2) is 65.1 Å². The van der Waals surface area contributed by atoms with Gasteiger partial charge >= 0.3 is 0 Å². The molecule has 2 atom stereocenters. The SMILES string of the molecule is CC1CCOC1C(=O)N1CCN(C(C)(C)C(N)=S)CC1. The van der Waals surface area contributed by atoms with Gasteiger partial charge in [-0.3, -0.25) is 9.69 Å². The highest BCUT2D eigenvalue weighted by Crippen LogP contribution is 2.23. The second-order valence-electron chi connectivity index (χ2n) is 6.29. The van der Waals surface area contributed by atoms with Crippen LogP contribution in [0.2, 0.25) is 0 Å². The third-order valence-electron chi connectivity index (χ3n) is 4.62. The summed E-state index contributed by atoms with van der Waals surface area (Å²) in [6, 6.07) is 0. The number of hydrogen-bond acceptors (Lipinski definition) is 4. The third-order valence-corrected chi connectivity index (χ3v) is 5.12. The van der Waals surface area contributed by atoms with E-state index in [1.54, 1.807) is 0 Å². The van der Waals surface area contributed by atoms with E-state index in [1.807, 2.05) is 18.7 Å². The van der Waals surface area contributed by atoms with Gasteiger partial charge in [0.25, 0.3) is 5.91 Å². The van der Waals surface area contributed by atoms with Crippen molar-refractivity contribution in [1.29, 1.82) is 0 Å². The van der Waals surface area contributed by atoms with E-state index in [-0.39, 0.29) is 17.6 Å². The molecule has 0 aliphatic carbocycles. The van der Waals surface area contributed by atoms with Crippen LogP contribution >= 0.6 is 12.2 Å². The first kappa shape index (κ1) is 15.7. The molecule has 2 unspecified atom stereocenters. The molecule has 20 heavy (non-hydrogen) atoms. The Bertz CT molecular complexity index is 392. The molecular formula is C14H25N3O2S. The fourth-order valence-corrected chi connectivity index (χ4v) is 2.96. The van der Waals surface area contributed by atoms with Crippen molar-refractivity contribution in [2.75, 3.05) is 32.8 Å². The molecule has 5 nitrogen and oxygen atoms in total. The van der Waals surface area contributed by atoms with Gasteiger partial charge in [0, 0.05) is 32.8 Å². The first-order valence-electron chi connectivity index (χ1n) is 7.29. The summed E-state index contributed by atoms with van der Waals surface area (Å²) in [6.07, 6.45) is 0.732. The number of nitrogens with two attached hydrogens (primary N) is 1. The normalized spacial score (nSPS) is 28.6. The van der Waals surface area contributed by atoms with Crippen LogP contribution in [-0.2, 0) is 9.53 Å². The van der Waals surface area contributed by atoms with E-state index in [2.05, 4.69) is 11.8 Å². The zero-order valence-electron chi connectivity index (χ0n) is 12.6. The highest BCUT2D eigenvalue weighted by molar-refractivity contribution is 7.80. The Labute approximate surface area is 126 Å². The molecule has 2 rings (SSSR count). The molecule has 0 aromatic rings. The van der Waals surface area contributed by atoms with Crippen molar-refractivity contribution in [3.63, 3.8) is 0 Å². The van der Waals surface area contributed by atoms with Gasteiger partial charge in [-0.2, -0.15) is 0 Å². The maximum absolute atomic E-state index is 12.4. The van der Waals surface area contributed by atoms with Gasteiger partial charge in [0.05, 0.1) is 10.5 Å². The topological polar surface area (TPSA) is 58.8 Å². The Morgan fingerprint density at radius 1 is 1.30 bits per heavy atom. The largest absolute Gasteiger partial charge is 0.392 e. The Morgan fingerprint density at radius 2 is 1.90 bits per heavy atom. The number of ether oxygens (including phenoxy) is 1. The number of piperazine rings is 1. The smallest absolute Gasteiger partial charge is 0.252 e. The molecule has 2 saturated heterocycles. The van der Waals surface area contributed by atoms with E-state index in [9.17, 15) is 4.79 Å². The molecule has 0 radical (unpaired) electrons. The fraction of sp³-hybridized carbons (Fsp3) is 0.857. The van der Waals surface area contributed by atoms with E-state index in [0.717, 1.165) is 32.6 Å². The number of carbonyl (C=O) groups is 1. The standard InChI is InChI=1S/C14H25N3O2S/c1-10-4-9-19-11(10)12(18)16-5-7-17(8-6-16)14(2,3)13(15)20/h10-11H,4-9H2,1-3H3,(H2,15,20). The maximum atomic E-state index is 12.4. The molecular weight excluding hydrogens is 274 g/mol. The van der Waals surface area contributed by atoms with Gasteiger partial charge in [-0.15, -0.1) is 0 Å². The number of thiocarbonyl (C=S) groups is 1. The summed E-state index contributed by atoms with van der Waals surface area (Å²) in [5.74, 6) is 0.469. The van der Waals surface area contributed by atoms with E-state index >= 15 is 0 Å². The molecule has 6 heteroatoms.